The maximum absolute atomic E-state index is 14.2. The number of rotatable bonds is 11. The second kappa shape index (κ2) is 14.1. The van der Waals surface area contributed by atoms with Crippen LogP contribution in [-0.4, -0.2) is 55.1 Å². The van der Waals surface area contributed by atoms with Crippen LogP contribution in [0.1, 0.15) is 49.3 Å². The molecule has 1 aliphatic heterocycles. The summed E-state index contributed by atoms with van der Waals surface area (Å²) in [7, 11) is 2.91. The number of carbonyl (C=O) groups is 2. The van der Waals surface area contributed by atoms with Crippen LogP contribution in [0.3, 0.4) is 0 Å². The highest BCUT2D eigenvalue weighted by atomic mass is 32.1. The van der Waals surface area contributed by atoms with Crippen molar-refractivity contribution >= 4 is 29.4 Å². The van der Waals surface area contributed by atoms with Gasteiger partial charge in [0.15, 0.2) is 22.9 Å². The average molecular weight is 660 g/mol. The number of thiazole rings is 1. The molecule has 0 amide bonds. The fourth-order valence-corrected chi connectivity index (χ4v) is 6.63. The number of aromatic nitrogens is 2. The Morgan fingerprint density at radius 2 is 1.70 bits per heavy atom. The van der Waals surface area contributed by atoms with E-state index < -0.39 is 18.0 Å². The number of benzene rings is 2. The summed E-state index contributed by atoms with van der Waals surface area (Å²) in [5.74, 6) is 0.317. The Morgan fingerprint density at radius 1 is 0.957 bits per heavy atom. The van der Waals surface area contributed by atoms with E-state index in [0.717, 1.165) is 28.4 Å². The third kappa shape index (κ3) is 6.59. The third-order valence-electron chi connectivity index (χ3n) is 7.76. The maximum atomic E-state index is 14.2. The molecule has 0 saturated heterocycles. The standard InChI is InChI=1S/C35H37N3O8S/c1-8-44-28-17-23(10-15-27(28)46-19-30(39)43-7)32-31(34(41)45-9-2)21(4)36-35-38(32)33(40)29(47-35)18-24-16-20(3)37(22(24)5)25-11-13-26(42-6)14-12-25/h10-18,32H,8-9,19H2,1-7H3/b29-18-/t32-/m0/s1. The predicted octanol–water partition coefficient (Wildman–Crippen LogP) is 4.16. The molecule has 0 fully saturated rings. The Balaban J connectivity index is 1.65. The Labute approximate surface area is 275 Å². The first-order chi connectivity index (χ1) is 22.6. The van der Waals surface area contributed by atoms with E-state index in [-0.39, 0.29) is 24.3 Å². The predicted molar refractivity (Wildman–Crippen MR) is 177 cm³/mol. The molecule has 2 aromatic heterocycles. The molecule has 1 aliphatic rings. The van der Waals surface area contributed by atoms with Gasteiger partial charge in [-0.2, -0.15) is 0 Å². The molecule has 12 heteroatoms. The van der Waals surface area contributed by atoms with Crippen molar-refractivity contribution in [3.8, 4) is 22.9 Å². The van der Waals surface area contributed by atoms with Crippen LogP contribution in [0.2, 0.25) is 0 Å². The van der Waals surface area contributed by atoms with Gasteiger partial charge in [-0.05, 0) is 94.3 Å². The zero-order chi connectivity index (χ0) is 33.8. The second-order valence-electron chi connectivity index (χ2n) is 10.7. The molecule has 1 atom stereocenters. The first-order valence-corrected chi connectivity index (χ1v) is 15.9. The Kier molecular flexibility index (Phi) is 10.00. The van der Waals surface area contributed by atoms with Gasteiger partial charge in [0.2, 0.25) is 0 Å². The lowest BCUT2D eigenvalue weighted by molar-refractivity contribution is -0.143. The molecule has 0 bridgehead atoms. The molecule has 5 rings (SSSR count). The van der Waals surface area contributed by atoms with E-state index in [2.05, 4.69) is 9.56 Å². The normalized spacial score (nSPS) is 14.4. The van der Waals surface area contributed by atoms with Crippen molar-refractivity contribution < 1.29 is 33.3 Å². The van der Waals surface area contributed by atoms with Gasteiger partial charge in [-0.15, -0.1) is 0 Å². The molecular weight excluding hydrogens is 622 g/mol. The van der Waals surface area contributed by atoms with Crippen LogP contribution in [-0.2, 0) is 19.1 Å². The number of allylic oxidation sites excluding steroid dienone is 1. The van der Waals surface area contributed by atoms with Crippen molar-refractivity contribution in [1.82, 2.24) is 9.13 Å². The van der Waals surface area contributed by atoms with Gasteiger partial charge in [-0.1, -0.05) is 17.4 Å². The van der Waals surface area contributed by atoms with Crippen LogP contribution in [0.4, 0.5) is 0 Å². The summed E-state index contributed by atoms with van der Waals surface area (Å²) in [5, 5.41) is 0. The minimum Gasteiger partial charge on any atom is -0.497 e. The van der Waals surface area contributed by atoms with Crippen LogP contribution < -0.4 is 29.1 Å². The number of hydrogen-bond donors (Lipinski definition) is 0. The van der Waals surface area contributed by atoms with Crippen molar-refractivity contribution in [2.75, 3.05) is 34.0 Å². The van der Waals surface area contributed by atoms with E-state index in [1.165, 1.54) is 23.0 Å². The minimum absolute atomic E-state index is 0.154. The number of aryl methyl sites for hydroxylation is 1. The van der Waals surface area contributed by atoms with Gasteiger partial charge in [0.25, 0.3) is 5.56 Å². The molecule has 246 valence electrons. The Morgan fingerprint density at radius 3 is 2.36 bits per heavy atom. The zero-order valence-corrected chi connectivity index (χ0v) is 28.2. The monoisotopic (exact) mass is 659 g/mol. The van der Waals surface area contributed by atoms with Crippen LogP contribution in [0.25, 0.3) is 11.8 Å². The van der Waals surface area contributed by atoms with E-state index in [1.807, 2.05) is 57.2 Å². The fourth-order valence-electron chi connectivity index (χ4n) is 5.59. The largest absolute Gasteiger partial charge is 0.497 e. The lowest BCUT2D eigenvalue weighted by Crippen LogP contribution is -2.40. The van der Waals surface area contributed by atoms with Gasteiger partial charge in [0.05, 0.1) is 49.3 Å². The van der Waals surface area contributed by atoms with E-state index in [1.54, 1.807) is 39.2 Å². The van der Waals surface area contributed by atoms with Gasteiger partial charge in [-0.3, -0.25) is 9.36 Å². The zero-order valence-electron chi connectivity index (χ0n) is 27.4. The summed E-state index contributed by atoms with van der Waals surface area (Å²) in [4.78, 5) is 44.5. The van der Waals surface area contributed by atoms with Gasteiger partial charge < -0.3 is 28.3 Å². The molecule has 0 aliphatic carbocycles. The minimum atomic E-state index is -0.854. The maximum Gasteiger partial charge on any atom is 0.343 e. The Bertz CT molecular complexity index is 2040. The van der Waals surface area contributed by atoms with Crippen LogP contribution in [0.15, 0.2) is 69.6 Å². The topological polar surface area (TPSA) is 120 Å². The molecule has 0 saturated carbocycles. The van der Waals surface area contributed by atoms with Crippen LogP contribution in [0.5, 0.6) is 17.2 Å². The van der Waals surface area contributed by atoms with Crippen LogP contribution in [0, 0.1) is 13.8 Å². The number of ether oxygens (including phenoxy) is 5. The van der Waals surface area contributed by atoms with Crippen molar-refractivity contribution in [3.05, 3.63) is 102 Å². The van der Waals surface area contributed by atoms with Crippen molar-refractivity contribution in [3.63, 3.8) is 0 Å². The number of hydrogen-bond acceptors (Lipinski definition) is 10. The number of nitrogens with zero attached hydrogens (tertiary/aromatic N) is 3. The first-order valence-electron chi connectivity index (χ1n) is 15.1. The SMILES string of the molecule is CCOC(=O)C1=C(C)N=c2s/c(=C\c3cc(C)n(-c4ccc(OC)cc4)c3C)c(=O)n2[C@H]1c1ccc(OCC(=O)OC)c(OCC)c1. The molecule has 0 N–H and O–H groups in total. The molecule has 47 heavy (non-hydrogen) atoms. The highest BCUT2D eigenvalue weighted by Gasteiger charge is 2.34. The van der Waals surface area contributed by atoms with E-state index >= 15 is 0 Å². The summed E-state index contributed by atoms with van der Waals surface area (Å²) in [5.41, 5.74) is 4.79. The molecule has 11 nitrogen and oxygen atoms in total. The van der Waals surface area contributed by atoms with Crippen molar-refractivity contribution in [2.45, 2.75) is 40.7 Å². The highest BCUT2D eigenvalue weighted by Crippen LogP contribution is 2.36. The number of fused-ring (bicyclic) bond motifs is 1. The quantitative estimate of drug-likeness (QED) is 0.220. The average Bonchev–Trinajstić information content (AvgIpc) is 3.52. The summed E-state index contributed by atoms with van der Waals surface area (Å²) in [6.45, 7) is 9.45. The smallest absolute Gasteiger partial charge is 0.343 e. The number of methoxy groups -OCH3 is 2. The number of carbonyl (C=O) groups excluding carboxylic acids is 2. The molecule has 0 spiro atoms. The second-order valence-corrected chi connectivity index (χ2v) is 11.7. The van der Waals surface area contributed by atoms with Crippen molar-refractivity contribution in [2.24, 2.45) is 4.99 Å². The first kappa shape index (κ1) is 33.3. The Hall–Kier alpha value is -5.10. The molecule has 2 aromatic carbocycles. The van der Waals surface area contributed by atoms with Crippen LogP contribution >= 0.6 is 11.3 Å². The third-order valence-corrected chi connectivity index (χ3v) is 8.74. The summed E-state index contributed by atoms with van der Waals surface area (Å²) in [6, 6.07) is 14.0. The van der Waals surface area contributed by atoms with Crippen molar-refractivity contribution in [1.29, 1.82) is 0 Å². The summed E-state index contributed by atoms with van der Waals surface area (Å²) >= 11 is 1.25. The summed E-state index contributed by atoms with van der Waals surface area (Å²) < 4.78 is 31.0. The lowest BCUT2D eigenvalue weighted by Gasteiger charge is -2.25. The molecule has 0 unspecified atom stereocenters. The van der Waals surface area contributed by atoms with E-state index in [4.69, 9.17) is 23.7 Å². The molecule has 3 heterocycles. The fraction of sp³-hybridized carbons (Fsp3) is 0.314. The molecule has 0 radical (unpaired) electrons. The number of esters is 2. The molecular formula is C35H37N3O8S. The highest BCUT2D eigenvalue weighted by molar-refractivity contribution is 7.07. The molecule has 4 aromatic rings. The van der Waals surface area contributed by atoms with Gasteiger partial charge in [-0.25, -0.2) is 14.6 Å². The summed E-state index contributed by atoms with van der Waals surface area (Å²) in [6.07, 6.45) is 1.86. The van der Waals surface area contributed by atoms with Gasteiger partial charge in [0.1, 0.15) is 5.75 Å². The lowest BCUT2D eigenvalue weighted by atomic mass is 9.95. The van der Waals surface area contributed by atoms with Gasteiger partial charge >= 0.3 is 11.9 Å². The van der Waals surface area contributed by atoms with E-state index in [0.29, 0.717) is 38.7 Å². The van der Waals surface area contributed by atoms with E-state index in [9.17, 15) is 14.4 Å². The van der Waals surface area contributed by atoms with Gasteiger partial charge in [0, 0.05) is 17.1 Å².